The molecule has 9 rings (SSSR count). The van der Waals surface area contributed by atoms with Gasteiger partial charge < -0.3 is 18.9 Å². The Morgan fingerprint density at radius 1 is 0.825 bits per heavy atom. The Morgan fingerprint density at radius 3 is 2.29 bits per heavy atom. The molecule has 0 N–H and O–H groups in total. The van der Waals surface area contributed by atoms with Crippen LogP contribution >= 0.6 is 0 Å². The number of aromatic nitrogens is 2. The van der Waals surface area contributed by atoms with Crippen molar-refractivity contribution in [2.45, 2.75) is 171 Å². The average Bonchev–Trinajstić information content (AvgIpc) is 4.02. The third kappa shape index (κ3) is 6.66. The van der Waals surface area contributed by atoms with Crippen LogP contribution in [0.1, 0.15) is 171 Å². The lowest BCUT2D eigenvalue weighted by atomic mass is 9.32. The summed E-state index contributed by atoms with van der Waals surface area (Å²) in [5.74, 6) is 2.66. The second kappa shape index (κ2) is 15.8. The third-order valence-corrected chi connectivity index (χ3v) is 20.5. The highest BCUT2D eigenvalue weighted by Gasteiger charge is 2.73. The fourth-order valence-corrected chi connectivity index (χ4v) is 16.7. The second-order valence-corrected chi connectivity index (χ2v) is 23.8. The van der Waals surface area contributed by atoms with Crippen molar-refractivity contribution in [2.24, 2.45) is 73.9 Å². The number of carbonyl (C=O) groups is 3. The first-order chi connectivity index (χ1) is 29.8. The number of nitrogens with zero attached hydrogens (tertiary/aromatic N) is 3. The molecule has 1 saturated heterocycles. The first-order valence-electron chi connectivity index (χ1n) is 25.1. The molecule has 9 heteroatoms. The maximum atomic E-state index is 15.5. The highest BCUT2D eigenvalue weighted by molar-refractivity contribution is 5.85. The quantitative estimate of drug-likeness (QED) is 0.132. The molecule has 0 bridgehead atoms. The van der Waals surface area contributed by atoms with Gasteiger partial charge in [0.25, 0.3) is 0 Å². The van der Waals surface area contributed by atoms with Crippen molar-refractivity contribution in [1.82, 2.24) is 15.0 Å². The van der Waals surface area contributed by atoms with Gasteiger partial charge in [-0.2, -0.15) is 4.98 Å². The van der Waals surface area contributed by atoms with Gasteiger partial charge >= 0.3 is 11.9 Å². The molecule has 6 aliphatic carbocycles. The van der Waals surface area contributed by atoms with Crippen LogP contribution in [0.15, 0.2) is 47.0 Å². The van der Waals surface area contributed by atoms with E-state index in [0.29, 0.717) is 54.3 Å². The Kier molecular flexibility index (Phi) is 11.2. The molecule has 1 aromatic carbocycles. The number of unbranched alkanes of at least 4 members (excludes halogenated alkanes) is 1. The normalized spacial score (nSPS) is 41.0. The van der Waals surface area contributed by atoms with E-state index in [1.165, 1.54) is 12.0 Å². The Hall–Kier alpha value is -3.49. The lowest BCUT2D eigenvalue weighted by Crippen LogP contribution is -2.67. The molecule has 1 aliphatic heterocycles. The van der Waals surface area contributed by atoms with Gasteiger partial charge in [-0.3, -0.25) is 14.4 Å². The highest BCUT2D eigenvalue weighted by atomic mass is 16.5. The van der Waals surface area contributed by atoms with E-state index in [-0.39, 0.29) is 63.5 Å². The minimum atomic E-state index is -0.476. The predicted molar refractivity (Wildman–Crippen MR) is 244 cm³/mol. The average molecular weight is 864 g/mol. The van der Waals surface area contributed by atoms with Crippen LogP contribution < -0.4 is 0 Å². The number of carbonyl (C=O) groups excluding carboxylic acids is 3. The molecule has 6 saturated carbocycles. The molecular weight excluding hydrogens is 787 g/mol. The number of hydrogen-bond acceptors (Lipinski definition) is 8. The molecule has 3 unspecified atom stereocenters. The summed E-state index contributed by atoms with van der Waals surface area (Å²) in [4.78, 5) is 49.5. The summed E-state index contributed by atoms with van der Waals surface area (Å²) in [6.45, 7) is 26.8. The monoisotopic (exact) mass is 864 g/mol. The van der Waals surface area contributed by atoms with Crippen molar-refractivity contribution in [3.8, 4) is 11.4 Å². The summed E-state index contributed by atoms with van der Waals surface area (Å²) in [7, 11) is 0. The maximum Gasteiger partial charge on any atom is 0.309 e. The fourth-order valence-electron chi connectivity index (χ4n) is 16.7. The molecule has 1 amide bonds. The number of likely N-dealkylation sites (tertiary alicyclic amines) is 1. The zero-order valence-corrected chi connectivity index (χ0v) is 40.1. The number of amides is 1. The van der Waals surface area contributed by atoms with Gasteiger partial charge in [0.15, 0.2) is 0 Å². The van der Waals surface area contributed by atoms with Gasteiger partial charge in [0.05, 0.1) is 23.9 Å². The Bertz CT molecular complexity index is 2090. The Morgan fingerprint density at radius 2 is 1.57 bits per heavy atom. The van der Waals surface area contributed by atoms with Crippen LogP contribution in [0.25, 0.3) is 11.4 Å². The number of fused-ring (bicyclic) bond motifs is 7. The smallest absolute Gasteiger partial charge is 0.309 e. The maximum absolute atomic E-state index is 15.5. The SMILES string of the molecule is C=C(C)[C@@H]1CC[C@]2(C(=O)N3CCC[C@@H]3c3nc(-c4ccccc4)no3)CC[C@]3(C)[C@H](CC[C@@H]4[C@@]5(C)CC[C@H](OC(=O)C6CC(C(=O)OCCCC)C6(C)C)C(C)(C)C5CC[C@]43C)[C@@H]12. The second-order valence-electron chi connectivity index (χ2n) is 23.8. The number of hydrogen-bond donors (Lipinski definition) is 0. The van der Waals surface area contributed by atoms with E-state index in [2.05, 4.69) is 65.1 Å². The van der Waals surface area contributed by atoms with Crippen molar-refractivity contribution in [3.05, 3.63) is 48.4 Å². The zero-order valence-electron chi connectivity index (χ0n) is 40.1. The molecule has 9 nitrogen and oxygen atoms in total. The number of allylic oxidation sites excluding steroid dienone is 1. The number of esters is 2. The molecule has 7 aliphatic rings. The third-order valence-electron chi connectivity index (χ3n) is 20.5. The van der Waals surface area contributed by atoms with Crippen LogP contribution in [0, 0.1) is 73.9 Å². The van der Waals surface area contributed by atoms with Gasteiger partial charge in [0.1, 0.15) is 12.1 Å². The summed E-state index contributed by atoms with van der Waals surface area (Å²) in [6.07, 6.45) is 14.5. The first kappa shape index (κ1) is 44.7. The van der Waals surface area contributed by atoms with E-state index in [1.807, 2.05) is 44.2 Å². The molecule has 2 heterocycles. The summed E-state index contributed by atoms with van der Waals surface area (Å²) < 4.78 is 18.1. The molecular formula is C54H77N3O6. The van der Waals surface area contributed by atoms with Crippen molar-refractivity contribution in [2.75, 3.05) is 13.2 Å². The van der Waals surface area contributed by atoms with Gasteiger partial charge in [-0.05, 0) is 148 Å². The molecule has 2 aromatic rings. The summed E-state index contributed by atoms with van der Waals surface area (Å²) in [5, 5.41) is 4.37. The Labute approximate surface area is 377 Å². The topological polar surface area (TPSA) is 112 Å². The molecule has 1 aromatic heterocycles. The molecule has 0 radical (unpaired) electrons. The zero-order chi connectivity index (χ0) is 44.9. The standard InChI is InChI=1S/C54H77N3O6/c1-11-12-31-61-46(58)37-32-38(49(37,4)5)47(59)62-42-24-25-51(8)40(50(42,6)7)23-26-53(10)41(51)21-20-36-43-35(33(2)3)22-27-54(43,29-28-52(36,53)9)48(60)57-30-16-19-39(57)45-55-44(56-63-45)34-17-14-13-15-18-34/h13-15,17-18,35-43H,2,11-12,16,19-32H2,1,3-10H3/t35-,36+,37?,38?,39+,40?,41+,42-,43+,51-,52+,53+,54-/m0/s1. The van der Waals surface area contributed by atoms with E-state index in [9.17, 15) is 9.59 Å². The Balaban J connectivity index is 0.931. The van der Waals surface area contributed by atoms with Crippen LogP contribution in [-0.4, -0.2) is 52.1 Å². The van der Waals surface area contributed by atoms with E-state index in [4.69, 9.17) is 19.0 Å². The van der Waals surface area contributed by atoms with Crippen LogP contribution in [0.3, 0.4) is 0 Å². The summed E-state index contributed by atoms with van der Waals surface area (Å²) in [6, 6.07) is 9.77. The minimum Gasteiger partial charge on any atom is -0.465 e. The van der Waals surface area contributed by atoms with E-state index in [1.54, 1.807) is 0 Å². The predicted octanol–water partition coefficient (Wildman–Crippen LogP) is 12.0. The van der Waals surface area contributed by atoms with Crippen molar-refractivity contribution >= 4 is 17.8 Å². The highest BCUT2D eigenvalue weighted by Crippen LogP contribution is 2.78. The van der Waals surface area contributed by atoms with Crippen molar-refractivity contribution in [3.63, 3.8) is 0 Å². The van der Waals surface area contributed by atoms with Crippen LogP contribution in [-0.2, 0) is 23.9 Å². The van der Waals surface area contributed by atoms with Crippen LogP contribution in [0.2, 0.25) is 0 Å². The molecule has 7 fully saturated rings. The van der Waals surface area contributed by atoms with Crippen LogP contribution in [0.5, 0.6) is 0 Å². The number of benzene rings is 1. The first-order valence-corrected chi connectivity index (χ1v) is 25.1. The largest absolute Gasteiger partial charge is 0.465 e. The molecule has 13 atom stereocenters. The van der Waals surface area contributed by atoms with Gasteiger partial charge in [0, 0.05) is 17.5 Å². The molecule has 63 heavy (non-hydrogen) atoms. The van der Waals surface area contributed by atoms with Crippen molar-refractivity contribution in [1.29, 1.82) is 0 Å². The van der Waals surface area contributed by atoms with Gasteiger partial charge in [-0.15, -0.1) is 0 Å². The van der Waals surface area contributed by atoms with Crippen LogP contribution in [0.4, 0.5) is 0 Å². The number of ether oxygens (including phenoxy) is 2. The summed E-state index contributed by atoms with van der Waals surface area (Å²) in [5.41, 5.74) is 1.45. The van der Waals surface area contributed by atoms with Gasteiger partial charge in [0.2, 0.25) is 17.6 Å². The van der Waals surface area contributed by atoms with E-state index in [0.717, 1.165) is 95.6 Å². The summed E-state index contributed by atoms with van der Waals surface area (Å²) >= 11 is 0. The molecule has 344 valence electrons. The van der Waals surface area contributed by atoms with E-state index < -0.39 is 10.8 Å². The lowest BCUT2D eigenvalue weighted by Gasteiger charge is -2.73. The van der Waals surface area contributed by atoms with Gasteiger partial charge in [-0.25, -0.2) is 0 Å². The van der Waals surface area contributed by atoms with E-state index >= 15 is 4.79 Å². The van der Waals surface area contributed by atoms with Gasteiger partial charge in [-0.1, -0.05) is 109 Å². The molecule has 0 spiro atoms. The fraction of sp³-hybridized carbons (Fsp3) is 0.759. The number of rotatable bonds is 10. The van der Waals surface area contributed by atoms with Crippen molar-refractivity contribution < 1.29 is 28.4 Å². The lowest BCUT2D eigenvalue weighted by molar-refractivity contribution is -0.251. The minimum absolute atomic E-state index is 0.0926.